The Morgan fingerprint density at radius 2 is 2.06 bits per heavy atom. The molecule has 2 fully saturated rings. The number of fused-ring (bicyclic) bond motifs is 1. The molecule has 1 aliphatic carbocycles. The van der Waals surface area contributed by atoms with E-state index in [9.17, 15) is 4.79 Å². The Morgan fingerprint density at radius 1 is 1.22 bits per heavy atom. The molecule has 0 bridgehead atoms. The molecule has 1 aromatic carbocycles. The molecule has 1 aliphatic heterocycles. The summed E-state index contributed by atoms with van der Waals surface area (Å²) in [4.78, 5) is 12.2. The lowest BCUT2D eigenvalue weighted by molar-refractivity contribution is -0.143. The summed E-state index contributed by atoms with van der Waals surface area (Å²) < 4.78 is 5.31. The third-order valence-electron chi connectivity index (χ3n) is 4.29. The number of carbonyl (C=O) groups excluding carboxylic acids is 1. The number of rotatable bonds is 1. The third kappa shape index (κ3) is 1.66. The van der Waals surface area contributed by atoms with Crippen LogP contribution in [0.3, 0.4) is 0 Å². The molecule has 1 unspecified atom stereocenters. The van der Waals surface area contributed by atoms with Crippen LogP contribution in [-0.4, -0.2) is 12.6 Å². The number of hydrogen-bond acceptors (Lipinski definition) is 2. The number of benzene rings is 1. The Bertz CT molecular complexity index is 501. The van der Waals surface area contributed by atoms with Gasteiger partial charge in [-0.05, 0) is 30.5 Å². The predicted molar refractivity (Wildman–Crippen MR) is 71.1 cm³/mol. The van der Waals surface area contributed by atoms with Crippen molar-refractivity contribution < 1.29 is 9.53 Å². The van der Waals surface area contributed by atoms with Crippen molar-refractivity contribution in [2.45, 2.75) is 31.1 Å². The van der Waals surface area contributed by atoms with E-state index in [1.165, 1.54) is 6.42 Å². The van der Waals surface area contributed by atoms with Gasteiger partial charge in [0, 0.05) is 5.92 Å². The van der Waals surface area contributed by atoms with E-state index in [0.29, 0.717) is 16.7 Å². The van der Waals surface area contributed by atoms with Crippen molar-refractivity contribution in [2.24, 2.45) is 5.92 Å². The molecule has 0 amide bonds. The first-order chi connectivity index (χ1) is 8.64. The van der Waals surface area contributed by atoms with Crippen LogP contribution < -0.4 is 0 Å². The maximum absolute atomic E-state index is 12.2. The molecule has 1 saturated carbocycles. The van der Waals surface area contributed by atoms with Crippen LogP contribution in [0.1, 0.15) is 31.2 Å². The second kappa shape index (κ2) is 4.43. The van der Waals surface area contributed by atoms with E-state index in [4.69, 9.17) is 27.9 Å². The van der Waals surface area contributed by atoms with Crippen molar-refractivity contribution >= 4 is 29.2 Å². The lowest BCUT2D eigenvalue weighted by Gasteiger charge is -2.35. The van der Waals surface area contributed by atoms with Crippen molar-refractivity contribution in [2.75, 3.05) is 6.61 Å². The van der Waals surface area contributed by atoms with E-state index in [1.807, 2.05) is 12.1 Å². The number of cyclic esters (lactones) is 1. The van der Waals surface area contributed by atoms with Gasteiger partial charge in [0.2, 0.25) is 0 Å². The van der Waals surface area contributed by atoms with Gasteiger partial charge in [0.15, 0.2) is 0 Å². The standard InChI is InChI=1S/C14H14Cl2O2/c15-11-5-4-9(7-12(11)16)14-6-2-1-3-10(14)8-18-13(14)17/h4-5,7,10H,1-3,6,8H2/t10?,14-/m1/s1. The Hall–Kier alpha value is -0.730. The molecule has 18 heavy (non-hydrogen) atoms. The van der Waals surface area contributed by atoms with Gasteiger partial charge < -0.3 is 4.74 Å². The Balaban J connectivity index is 2.10. The van der Waals surface area contributed by atoms with Crippen molar-refractivity contribution in [3.05, 3.63) is 33.8 Å². The van der Waals surface area contributed by atoms with Crippen LogP contribution in [0.15, 0.2) is 18.2 Å². The largest absolute Gasteiger partial charge is 0.465 e. The molecule has 96 valence electrons. The summed E-state index contributed by atoms with van der Waals surface area (Å²) in [6, 6.07) is 5.51. The highest BCUT2D eigenvalue weighted by Gasteiger charge is 2.54. The quantitative estimate of drug-likeness (QED) is 0.729. The topological polar surface area (TPSA) is 26.3 Å². The average Bonchev–Trinajstić information content (AvgIpc) is 2.72. The SMILES string of the molecule is O=C1OCC2CCCC[C@]12c1ccc(Cl)c(Cl)c1. The second-order valence-corrected chi connectivity index (χ2v) is 5.96. The first kappa shape index (κ1) is 12.3. The van der Waals surface area contributed by atoms with Crippen molar-refractivity contribution in [1.82, 2.24) is 0 Å². The zero-order valence-electron chi connectivity index (χ0n) is 9.92. The summed E-state index contributed by atoms with van der Waals surface area (Å²) in [5.74, 6) is 0.196. The first-order valence-electron chi connectivity index (χ1n) is 6.27. The molecule has 3 rings (SSSR count). The molecule has 0 spiro atoms. The van der Waals surface area contributed by atoms with Crippen LogP contribution in [0.5, 0.6) is 0 Å². The Kier molecular flexibility index (Phi) is 3.03. The molecule has 0 N–H and O–H groups in total. The molecule has 1 aromatic rings. The number of hydrogen-bond donors (Lipinski definition) is 0. The van der Waals surface area contributed by atoms with Crippen molar-refractivity contribution in [3.63, 3.8) is 0 Å². The van der Waals surface area contributed by atoms with Gasteiger partial charge in [-0.15, -0.1) is 0 Å². The average molecular weight is 285 g/mol. The van der Waals surface area contributed by atoms with E-state index in [1.54, 1.807) is 6.07 Å². The summed E-state index contributed by atoms with van der Waals surface area (Å²) in [5.41, 5.74) is 0.482. The van der Waals surface area contributed by atoms with Crippen LogP contribution in [0.2, 0.25) is 10.0 Å². The fourth-order valence-electron chi connectivity index (χ4n) is 3.32. The molecule has 0 radical (unpaired) electrons. The van der Waals surface area contributed by atoms with Gasteiger partial charge in [-0.25, -0.2) is 0 Å². The van der Waals surface area contributed by atoms with Crippen LogP contribution in [-0.2, 0) is 14.9 Å². The van der Waals surface area contributed by atoms with Gasteiger partial charge in [-0.2, -0.15) is 0 Å². The molecular formula is C14H14Cl2O2. The van der Waals surface area contributed by atoms with E-state index in [-0.39, 0.29) is 11.9 Å². The first-order valence-corrected chi connectivity index (χ1v) is 7.03. The number of halogens is 2. The summed E-state index contributed by atoms with van der Waals surface area (Å²) in [7, 11) is 0. The summed E-state index contributed by atoms with van der Waals surface area (Å²) in [6.07, 6.45) is 4.14. The maximum atomic E-state index is 12.2. The minimum absolute atomic E-state index is 0.0920. The van der Waals surface area contributed by atoms with Gasteiger partial charge >= 0.3 is 5.97 Å². The summed E-state index contributed by atoms with van der Waals surface area (Å²) in [5, 5.41) is 1.03. The lowest BCUT2D eigenvalue weighted by atomic mass is 9.64. The smallest absolute Gasteiger partial charge is 0.316 e. The fourth-order valence-corrected chi connectivity index (χ4v) is 3.61. The van der Waals surface area contributed by atoms with Crippen LogP contribution in [0, 0.1) is 5.92 Å². The highest BCUT2D eigenvalue weighted by Crippen LogP contribution is 2.49. The summed E-state index contributed by atoms with van der Waals surface area (Å²) >= 11 is 12.0. The molecule has 2 atom stereocenters. The van der Waals surface area contributed by atoms with E-state index in [0.717, 1.165) is 24.8 Å². The van der Waals surface area contributed by atoms with Crippen molar-refractivity contribution in [1.29, 1.82) is 0 Å². The fraction of sp³-hybridized carbons (Fsp3) is 0.500. The Morgan fingerprint density at radius 3 is 2.83 bits per heavy atom. The van der Waals surface area contributed by atoms with Crippen LogP contribution >= 0.6 is 23.2 Å². The molecule has 2 nitrogen and oxygen atoms in total. The number of esters is 1. The van der Waals surface area contributed by atoms with Crippen LogP contribution in [0.25, 0.3) is 0 Å². The normalized spacial score (nSPS) is 31.0. The van der Waals surface area contributed by atoms with E-state index < -0.39 is 5.41 Å². The van der Waals surface area contributed by atoms with Gasteiger partial charge in [0.25, 0.3) is 0 Å². The van der Waals surface area contributed by atoms with Gasteiger partial charge in [0.1, 0.15) is 0 Å². The lowest BCUT2D eigenvalue weighted by Crippen LogP contribution is -2.40. The maximum Gasteiger partial charge on any atom is 0.316 e. The molecular weight excluding hydrogens is 271 g/mol. The molecule has 1 saturated heterocycles. The van der Waals surface area contributed by atoms with Gasteiger partial charge in [0.05, 0.1) is 22.1 Å². The predicted octanol–water partition coefficient (Wildman–Crippen LogP) is 3.98. The van der Waals surface area contributed by atoms with Gasteiger partial charge in [-0.3, -0.25) is 4.79 Å². The summed E-state index contributed by atoms with van der Waals surface area (Å²) in [6.45, 7) is 0.541. The number of ether oxygens (including phenoxy) is 1. The van der Waals surface area contributed by atoms with Crippen molar-refractivity contribution in [3.8, 4) is 0 Å². The number of carbonyl (C=O) groups is 1. The molecule has 4 heteroatoms. The molecule has 0 aromatic heterocycles. The van der Waals surface area contributed by atoms with E-state index >= 15 is 0 Å². The minimum Gasteiger partial charge on any atom is -0.465 e. The van der Waals surface area contributed by atoms with Gasteiger partial charge in [-0.1, -0.05) is 42.1 Å². The minimum atomic E-state index is -0.480. The molecule has 2 aliphatic rings. The molecule has 1 heterocycles. The second-order valence-electron chi connectivity index (χ2n) is 5.14. The third-order valence-corrected chi connectivity index (χ3v) is 5.02. The van der Waals surface area contributed by atoms with Crippen LogP contribution in [0.4, 0.5) is 0 Å². The monoisotopic (exact) mass is 284 g/mol. The highest BCUT2D eigenvalue weighted by molar-refractivity contribution is 6.42. The van der Waals surface area contributed by atoms with E-state index in [2.05, 4.69) is 0 Å². The zero-order chi connectivity index (χ0) is 12.8. The Labute approximate surface area is 116 Å². The zero-order valence-corrected chi connectivity index (χ0v) is 11.4. The highest BCUT2D eigenvalue weighted by atomic mass is 35.5.